The number of carbonyl (C=O) groups excluding carboxylic acids is 1. The van der Waals surface area contributed by atoms with Gasteiger partial charge in [-0.05, 0) is 38.3 Å². The lowest BCUT2D eigenvalue weighted by Crippen LogP contribution is -2.45. The van der Waals surface area contributed by atoms with Gasteiger partial charge in [0.15, 0.2) is 0 Å². The van der Waals surface area contributed by atoms with E-state index in [-0.39, 0.29) is 5.91 Å². The van der Waals surface area contributed by atoms with E-state index in [0.29, 0.717) is 13.1 Å². The second kappa shape index (κ2) is 7.07. The minimum absolute atomic E-state index is 0.162. The van der Waals surface area contributed by atoms with Gasteiger partial charge in [0, 0.05) is 18.5 Å². The van der Waals surface area contributed by atoms with Crippen LogP contribution in [0.3, 0.4) is 0 Å². The highest BCUT2D eigenvalue weighted by molar-refractivity contribution is 7.92. The Hall–Kier alpha value is -1.66. The molecular weight excluding hydrogens is 300 g/mol. The van der Waals surface area contributed by atoms with Gasteiger partial charge in [-0.15, -0.1) is 0 Å². The molecule has 0 saturated carbocycles. The van der Waals surface area contributed by atoms with Gasteiger partial charge in [0.1, 0.15) is 0 Å². The predicted octanol–water partition coefficient (Wildman–Crippen LogP) is 1.90. The van der Waals surface area contributed by atoms with E-state index in [9.17, 15) is 13.2 Å². The van der Waals surface area contributed by atoms with Crippen molar-refractivity contribution in [3.05, 3.63) is 40.8 Å². The molecule has 6 heteroatoms. The van der Waals surface area contributed by atoms with E-state index < -0.39 is 16.1 Å². The van der Waals surface area contributed by atoms with Crippen molar-refractivity contribution in [1.82, 2.24) is 9.62 Å². The summed E-state index contributed by atoms with van der Waals surface area (Å²) in [6, 6.07) is 6.78. The van der Waals surface area contributed by atoms with Gasteiger partial charge >= 0.3 is 0 Å². The smallest absolute Gasteiger partial charge is 0.240 e. The molecule has 1 aromatic carbocycles. The zero-order valence-corrected chi connectivity index (χ0v) is 13.8. The largest absolute Gasteiger partial charge is 0.341 e. The Labute approximate surface area is 132 Å². The monoisotopic (exact) mass is 322 g/mol. The number of nitrogens with one attached hydrogen (secondary N) is 1. The lowest BCUT2D eigenvalue weighted by Gasteiger charge is -2.20. The summed E-state index contributed by atoms with van der Waals surface area (Å²) in [6.07, 6.45) is 3.49. The quantitative estimate of drug-likeness (QED) is 0.900. The van der Waals surface area contributed by atoms with Crippen molar-refractivity contribution in [3.63, 3.8) is 0 Å². The molecule has 0 radical (unpaired) electrons. The molecule has 1 aliphatic rings. The van der Waals surface area contributed by atoms with Gasteiger partial charge in [-0.3, -0.25) is 4.79 Å². The fraction of sp³-hybridized carbons (Fsp3) is 0.438. The van der Waals surface area contributed by atoms with E-state index in [4.69, 9.17) is 0 Å². The van der Waals surface area contributed by atoms with E-state index in [1.165, 1.54) is 6.08 Å². The summed E-state index contributed by atoms with van der Waals surface area (Å²) in [7, 11) is -3.64. The van der Waals surface area contributed by atoms with Crippen LogP contribution in [0.25, 0.3) is 6.08 Å². The lowest BCUT2D eigenvalue weighted by atomic mass is 10.2. The molecule has 0 bridgehead atoms. The van der Waals surface area contributed by atoms with Gasteiger partial charge in [-0.25, -0.2) is 8.42 Å². The van der Waals surface area contributed by atoms with Crippen LogP contribution >= 0.6 is 0 Å². The maximum absolute atomic E-state index is 12.1. The zero-order chi connectivity index (χ0) is 16.2. The zero-order valence-electron chi connectivity index (χ0n) is 13.0. The Balaban J connectivity index is 1.97. The molecule has 1 N–H and O–H groups in total. The lowest BCUT2D eigenvalue weighted by molar-refractivity contribution is -0.131. The first-order valence-electron chi connectivity index (χ1n) is 7.43. The summed E-state index contributed by atoms with van der Waals surface area (Å²) >= 11 is 0. The van der Waals surface area contributed by atoms with Crippen LogP contribution in [0.1, 0.15) is 30.9 Å². The molecule has 0 spiro atoms. The van der Waals surface area contributed by atoms with Crippen LogP contribution in [0.2, 0.25) is 0 Å². The highest BCUT2D eigenvalue weighted by Crippen LogP contribution is 2.10. The van der Waals surface area contributed by atoms with E-state index in [0.717, 1.165) is 29.4 Å². The van der Waals surface area contributed by atoms with Crippen LogP contribution in [0.5, 0.6) is 0 Å². The summed E-state index contributed by atoms with van der Waals surface area (Å²) in [5.74, 6) is -0.162. The van der Waals surface area contributed by atoms with E-state index in [1.807, 2.05) is 31.2 Å². The standard InChI is InChI=1S/C16H22N2O3S/c1-13-5-7-15(8-6-13)9-12-22(20,21)17-14(2)16(19)18-10-3-4-11-18/h5-9,12,14,17H,3-4,10-11H2,1-2H3/b12-9-/t14-/m0/s1. The summed E-state index contributed by atoms with van der Waals surface area (Å²) in [5.41, 5.74) is 1.91. The van der Waals surface area contributed by atoms with Crippen LogP contribution < -0.4 is 4.72 Å². The molecule has 0 unspecified atom stereocenters. The van der Waals surface area contributed by atoms with Crippen LogP contribution in [-0.2, 0) is 14.8 Å². The molecule has 1 heterocycles. The number of hydrogen-bond donors (Lipinski definition) is 1. The van der Waals surface area contributed by atoms with E-state index in [2.05, 4.69) is 4.72 Å². The van der Waals surface area contributed by atoms with Crippen molar-refractivity contribution < 1.29 is 13.2 Å². The highest BCUT2D eigenvalue weighted by atomic mass is 32.2. The van der Waals surface area contributed by atoms with Crippen molar-refractivity contribution in [2.24, 2.45) is 0 Å². The molecule has 1 amide bonds. The molecule has 1 atom stereocenters. The first-order chi connectivity index (χ1) is 10.4. The molecule has 120 valence electrons. The van der Waals surface area contributed by atoms with Crippen molar-refractivity contribution in [2.75, 3.05) is 13.1 Å². The van der Waals surface area contributed by atoms with Crippen LogP contribution in [0, 0.1) is 6.92 Å². The maximum atomic E-state index is 12.1. The van der Waals surface area contributed by atoms with Gasteiger partial charge in [0.25, 0.3) is 0 Å². The molecule has 0 aliphatic carbocycles. The van der Waals surface area contributed by atoms with E-state index in [1.54, 1.807) is 11.8 Å². The SMILES string of the molecule is Cc1ccc(/C=C\S(=O)(=O)N[C@@H](C)C(=O)N2CCCC2)cc1. The number of benzene rings is 1. The fourth-order valence-electron chi connectivity index (χ4n) is 2.39. The molecule has 0 aromatic heterocycles. The number of hydrogen-bond acceptors (Lipinski definition) is 3. The van der Waals surface area contributed by atoms with Gasteiger partial charge in [0.05, 0.1) is 6.04 Å². The number of rotatable bonds is 5. The van der Waals surface area contributed by atoms with Gasteiger partial charge in [0.2, 0.25) is 15.9 Å². The molecule has 1 aromatic rings. The third-order valence-corrected chi connectivity index (χ3v) is 4.82. The molecule has 1 saturated heterocycles. The molecular formula is C16H22N2O3S. The molecule has 5 nitrogen and oxygen atoms in total. The number of aryl methyl sites for hydroxylation is 1. The van der Waals surface area contributed by atoms with Crippen LogP contribution in [-0.4, -0.2) is 38.4 Å². The Kier molecular flexibility index (Phi) is 5.37. The Morgan fingerprint density at radius 2 is 1.82 bits per heavy atom. The van der Waals surface area contributed by atoms with Crippen LogP contribution in [0.15, 0.2) is 29.7 Å². The first kappa shape index (κ1) is 16.7. The molecule has 1 aliphatic heterocycles. The summed E-state index contributed by atoms with van der Waals surface area (Å²) in [6.45, 7) is 4.98. The number of carbonyl (C=O) groups is 1. The van der Waals surface area contributed by atoms with Crippen molar-refractivity contribution in [1.29, 1.82) is 0 Å². The number of sulfonamides is 1. The van der Waals surface area contributed by atoms with Crippen molar-refractivity contribution >= 4 is 22.0 Å². The number of likely N-dealkylation sites (tertiary alicyclic amines) is 1. The van der Waals surface area contributed by atoms with Gasteiger partial charge in [-0.2, -0.15) is 4.72 Å². The van der Waals surface area contributed by atoms with Crippen LogP contribution in [0.4, 0.5) is 0 Å². The number of nitrogens with zero attached hydrogens (tertiary/aromatic N) is 1. The predicted molar refractivity (Wildman–Crippen MR) is 87.5 cm³/mol. The summed E-state index contributed by atoms with van der Waals surface area (Å²) < 4.78 is 26.5. The Morgan fingerprint density at radius 3 is 2.41 bits per heavy atom. The second-order valence-corrected chi connectivity index (χ2v) is 7.23. The third-order valence-electron chi connectivity index (χ3n) is 3.65. The molecule has 1 fully saturated rings. The maximum Gasteiger partial charge on any atom is 0.240 e. The fourth-order valence-corrected chi connectivity index (χ4v) is 3.40. The van der Waals surface area contributed by atoms with Crippen molar-refractivity contribution in [2.45, 2.75) is 32.7 Å². The second-order valence-electron chi connectivity index (χ2n) is 5.63. The third kappa shape index (κ3) is 4.68. The highest BCUT2D eigenvalue weighted by Gasteiger charge is 2.25. The molecule has 22 heavy (non-hydrogen) atoms. The first-order valence-corrected chi connectivity index (χ1v) is 8.98. The minimum atomic E-state index is -3.64. The summed E-state index contributed by atoms with van der Waals surface area (Å²) in [5, 5.41) is 1.10. The average molecular weight is 322 g/mol. The van der Waals surface area contributed by atoms with Gasteiger partial charge in [-0.1, -0.05) is 29.8 Å². The minimum Gasteiger partial charge on any atom is -0.341 e. The number of amides is 1. The topological polar surface area (TPSA) is 66.5 Å². The van der Waals surface area contributed by atoms with Gasteiger partial charge < -0.3 is 4.90 Å². The van der Waals surface area contributed by atoms with E-state index >= 15 is 0 Å². The normalized spacial score (nSPS) is 17.1. The Morgan fingerprint density at radius 1 is 1.23 bits per heavy atom. The average Bonchev–Trinajstić information content (AvgIpc) is 2.99. The molecule has 2 rings (SSSR count). The van der Waals surface area contributed by atoms with Crippen molar-refractivity contribution in [3.8, 4) is 0 Å². The summed E-state index contributed by atoms with van der Waals surface area (Å²) in [4.78, 5) is 13.8. The Bertz CT molecular complexity index is 644.